The van der Waals surface area contributed by atoms with Crippen molar-refractivity contribution in [1.82, 2.24) is 19.8 Å². The summed E-state index contributed by atoms with van der Waals surface area (Å²) >= 11 is 0. The summed E-state index contributed by atoms with van der Waals surface area (Å²) in [4.78, 5) is 37.1. The van der Waals surface area contributed by atoms with Gasteiger partial charge in [-0.1, -0.05) is 12.1 Å². The zero-order valence-electron chi connectivity index (χ0n) is 17.5. The molecule has 0 unspecified atom stereocenters. The summed E-state index contributed by atoms with van der Waals surface area (Å²) in [6, 6.07) is 7.83. The van der Waals surface area contributed by atoms with Gasteiger partial charge in [0.1, 0.15) is 0 Å². The third kappa shape index (κ3) is 4.36. The van der Waals surface area contributed by atoms with Gasteiger partial charge in [-0.15, -0.1) is 0 Å². The summed E-state index contributed by atoms with van der Waals surface area (Å²) in [5.74, 6) is 0.0286. The van der Waals surface area contributed by atoms with Gasteiger partial charge in [-0.05, 0) is 44.4 Å². The highest BCUT2D eigenvalue weighted by molar-refractivity contribution is 5.94. The first-order chi connectivity index (χ1) is 14.5. The molecule has 0 spiro atoms. The van der Waals surface area contributed by atoms with Gasteiger partial charge in [0.2, 0.25) is 11.8 Å². The van der Waals surface area contributed by atoms with Gasteiger partial charge in [0.25, 0.3) is 0 Å². The molecule has 0 saturated carbocycles. The first kappa shape index (κ1) is 20.5. The topological polar surface area (TPSA) is 92.4 Å². The second-order valence-corrected chi connectivity index (χ2v) is 8.31. The summed E-state index contributed by atoms with van der Waals surface area (Å²) < 4.78 is 0. The lowest BCUT2D eigenvalue weighted by Gasteiger charge is -2.42. The Bertz CT molecular complexity index is 923. The molecule has 2 aliphatic rings. The number of carbonyl (C=O) groups excluding carboxylic acids is 2. The normalized spacial score (nSPS) is 20.8. The largest absolute Gasteiger partial charge is 0.366 e. The molecule has 0 bridgehead atoms. The third-order valence-electron chi connectivity index (χ3n) is 6.41. The lowest BCUT2D eigenvalue weighted by molar-refractivity contribution is -0.130. The Kier molecular flexibility index (Phi) is 6.08. The van der Waals surface area contributed by atoms with Crippen molar-refractivity contribution in [1.29, 1.82) is 0 Å². The van der Waals surface area contributed by atoms with Crippen molar-refractivity contribution in [3.8, 4) is 11.3 Å². The molecular weight excluding hydrogens is 378 g/mol. The Hall–Kier alpha value is -2.80. The van der Waals surface area contributed by atoms with E-state index in [4.69, 9.17) is 10.7 Å². The zero-order chi connectivity index (χ0) is 21.1. The van der Waals surface area contributed by atoms with E-state index < -0.39 is 5.91 Å². The van der Waals surface area contributed by atoms with E-state index in [0.717, 1.165) is 68.8 Å². The lowest BCUT2D eigenvalue weighted by atomic mass is 9.89. The van der Waals surface area contributed by atoms with Gasteiger partial charge in [-0.3, -0.25) is 24.5 Å². The molecule has 7 heteroatoms. The van der Waals surface area contributed by atoms with E-state index in [1.54, 1.807) is 31.5 Å². The molecule has 3 heterocycles. The highest BCUT2D eigenvalue weighted by Crippen LogP contribution is 2.33. The molecule has 2 amide bonds. The molecule has 2 aliphatic heterocycles. The monoisotopic (exact) mass is 407 g/mol. The number of nitrogens with zero attached hydrogens (tertiary/aromatic N) is 4. The molecule has 2 saturated heterocycles. The number of hydrogen-bond donors (Lipinski definition) is 1. The van der Waals surface area contributed by atoms with Crippen LogP contribution in [0.5, 0.6) is 0 Å². The predicted molar refractivity (Wildman–Crippen MR) is 115 cm³/mol. The molecular formula is C23H29N5O2. The van der Waals surface area contributed by atoms with Crippen molar-refractivity contribution < 1.29 is 9.59 Å². The first-order valence-electron chi connectivity index (χ1n) is 10.7. The van der Waals surface area contributed by atoms with Crippen molar-refractivity contribution in [2.45, 2.75) is 44.6 Å². The molecule has 2 aromatic rings. The van der Waals surface area contributed by atoms with Crippen LogP contribution in [0.4, 0.5) is 0 Å². The molecule has 0 radical (unpaired) electrons. The Labute approximate surface area is 177 Å². The van der Waals surface area contributed by atoms with Crippen molar-refractivity contribution in [3.63, 3.8) is 0 Å². The van der Waals surface area contributed by atoms with Crippen LogP contribution in [-0.2, 0) is 4.79 Å². The minimum Gasteiger partial charge on any atom is -0.366 e. The number of benzene rings is 1. The number of nitrogens with two attached hydrogens (primary N) is 1. The number of hydrogen-bond acceptors (Lipinski definition) is 5. The Morgan fingerprint density at radius 2 is 1.83 bits per heavy atom. The molecule has 4 rings (SSSR count). The summed E-state index contributed by atoms with van der Waals surface area (Å²) in [5.41, 5.74) is 8.64. The van der Waals surface area contributed by atoms with Gasteiger partial charge >= 0.3 is 0 Å². The third-order valence-corrected chi connectivity index (χ3v) is 6.41. The number of piperidine rings is 2. The van der Waals surface area contributed by atoms with Crippen LogP contribution in [0, 0.1) is 0 Å². The second kappa shape index (κ2) is 8.92. The standard InChI is InChI=1S/C23H29N5O2/c1-16(29)27-12-7-20(8-13-27)28-11-3-6-19(15-28)22-21(25-9-10-26-22)17-4-2-5-18(14-17)23(24)30/h2,4-5,9-10,14,19-20H,3,6-8,11-13,15H2,1H3,(H2,24,30)/t19-/m0/s1. The van der Waals surface area contributed by atoms with Crippen molar-refractivity contribution in [3.05, 3.63) is 47.9 Å². The Morgan fingerprint density at radius 3 is 2.57 bits per heavy atom. The Balaban J connectivity index is 1.53. The zero-order valence-corrected chi connectivity index (χ0v) is 17.5. The van der Waals surface area contributed by atoms with E-state index in [-0.39, 0.29) is 5.91 Å². The number of primary amides is 1. The van der Waals surface area contributed by atoms with Gasteiger partial charge in [-0.25, -0.2) is 0 Å². The number of amides is 2. The van der Waals surface area contributed by atoms with E-state index >= 15 is 0 Å². The molecule has 1 aromatic carbocycles. The lowest BCUT2D eigenvalue weighted by Crippen LogP contribution is -2.49. The fourth-order valence-electron chi connectivity index (χ4n) is 4.80. The van der Waals surface area contributed by atoms with Gasteiger partial charge in [0, 0.05) is 62.0 Å². The molecule has 1 aromatic heterocycles. The van der Waals surface area contributed by atoms with E-state index in [0.29, 0.717) is 17.5 Å². The predicted octanol–water partition coefficient (Wildman–Crippen LogP) is 2.43. The van der Waals surface area contributed by atoms with Crippen LogP contribution in [0.1, 0.15) is 54.6 Å². The smallest absolute Gasteiger partial charge is 0.248 e. The Morgan fingerprint density at radius 1 is 1.07 bits per heavy atom. The van der Waals surface area contributed by atoms with Crippen molar-refractivity contribution in [2.24, 2.45) is 5.73 Å². The molecule has 0 aliphatic carbocycles. The second-order valence-electron chi connectivity index (χ2n) is 8.31. The maximum Gasteiger partial charge on any atom is 0.248 e. The van der Waals surface area contributed by atoms with E-state index in [1.165, 1.54) is 0 Å². The average Bonchev–Trinajstić information content (AvgIpc) is 2.79. The van der Waals surface area contributed by atoms with Crippen LogP contribution >= 0.6 is 0 Å². The highest BCUT2D eigenvalue weighted by atomic mass is 16.2. The quantitative estimate of drug-likeness (QED) is 0.840. The SMILES string of the molecule is CC(=O)N1CCC(N2CCC[C@H](c3nccnc3-c3cccc(C(N)=O)c3)C2)CC1. The molecule has 2 fully saturated rings. The summed E-state index contributed by atoms with van der Waals surface area (Å²) in [7, 11) is 0. The number of rotatable bonds is 4. The number of aromatic nitrogens is 2. The fourth-order valence-corrected chi connectivity index (χ4v) is 4.80. The first-order valence-corrected chi connectivity index (χ1v) is 10.7. The van der Waals surface area contributed by atoms with Crippen LogP contribution in [0.3, 0.4) is 0 Å². The van der Waals surface area contributed by atoms with Crippen LogP contribution in [0.15, 0.2) is 36.7 Å². The van der Waals surface area contributed by atoms with Crippen LogP contribution < -0.4 is 5.73 Å². The maximum atomic E-state index is 11.6. The van der Waals surface area contributed by atoms with E-state index in [2.05, 4.69) is 9.88 Å². The van der Waals surface area contributed by atoms with Crippen LogP contribution in [-0.4, -0.2) is 63.8 Å². The summed E-state index contributed by atoms with van der Waals surface area (Å²) in [6.07, 6.45) is 7.70. The van der Waals surface area contributed by atoms with Gasteiger partial charge < -0.3 is 10.6 Å². The average molecular weight is 408 g/mol. The van der Waals surface area contributed by atoms with Crippen molar-refractivity contribution >= 4 is 11.8 Å². The molecule has 30 heavy (non-hydrogen) atoms. The van der Waals surface area contributed by atoms with Gasteiger partial charge in [-0.2, -0.15) is 0 Å². The fraction of sp³-hybridized carbons (Fsp3) is 0.478. The van der Waals surface area contributed by atoms with Gasteiger partial charge in [0.05, 0.1) is 11.4 Å². The minimum absolute atomic E-state index is 0.173. The van der Waals surface area contributed by atoms with E-state index in [9.17, 15) is 9.59 Å². The summed E-state index contributed by atoms with van der Waals surface area (Å²) in [5, 5.41) is 0. The van der Waals surface area contributed by atoms with Crippen LogP contribution in [0.25, 0.3) is 11.3 Å². The number of likely N-dealkylation sites (tertiary alicyclic amines) is 2. The maximum absolute atomic E-state index is 11.6. The summed E-state index contributed by atoms with van der Waals surface area (Å²) in [6.45, 7) is 5.38. The van der Waals surface area contributed by atoms with E-state index in [1.807, 2.05) is 17.0 Å². The molecule has 1 atom stereocenters. The molecule has 7 nitrogen and oxygen atoms in total. The minimum atomic E-state index is -0.442. The molecule has 2 N–H and O–H groups in total. The van der Waals surface area contributed by atoms with Crippen molar-refractivity contribution in [2.75, 3.05) is 26.2 Å². The van der Waals surface area contributed by atoms with Gasteiger partial charge in [0.15, 0.2) is 0 Å². The van der Waals surface area contributed by atoms with Crippen LogP contribution in [0.2, 0.25) is 0 Å². The molecule has 158 valence electrons. The number of carbonyl (C=O) groups is 2. The highest BCUT2D eigenvalue weighted by Gasteiger charge is 2.31.